The summed E-state index contributed by atoms with van der Waals surface area (Å²) in [5, 5.41) is 14.2. The Labute approximate surface area is 131 Å². The normalized spacial score (nSPS) is 13.6. The molecule has 4 heteroatoms. The van der Waals surface area contributed by atoms with Crippen LogP contribution in [0.4, 0.5) is 0 Å². The average molecular weight is 301 g/mol. The molecule has 0 aromatic heterocycles. The van der Waals surface area contributed by atoms with Crippen molar-refractivity contribution in [2.45, 2.75) is 32.2 Å². The Balaban J connectivity index is 2.21. The number of ether oxygens (including phenoxy) is 1. The Kier molecular flexibility index (Phi) is 5.39. The maximum Gasteiger partial charge on any atom is 0.227 e. The molecule has 0 heterocycles. The summed E-state index contributed by atoms with van der Waals surface area (Å²) in [6, 6.07) is 11.7. The van der Waals surface area contributed by atoms with E-state index in [2.05, 4.69) is 5.32 Å². The average Bonchev–Trinajstić information content (AvgIpc) is 2.57. The number of aliphatic hydroxyl groups is 1. The molecule has 2 N–H and O–H groups in total. The lowest BCUT2D eigenvalue weighted by molar-refractivity contribution is -0.123. The van der Waals surface area contributed by atoms with Crippen molar-refractivity contribution in [1.29, 1.82) is 0 Å². The number of amides is 1. The molecule has 0 saturated heterocycles. The lowest BCUT2D eigenvalue weighted by atomic mass is 9.96. The smallest absolute Gasteiger partial charge is 0.227 e. The summed E-state index contributed by atoms with van der Waals surface area (Å²) in [5.74, 6) is 0.501. The van der Waals surface area contributed by atoms with Gasteiger partial charge < -0.3 is 15.2 Å². The first kappa shape index (κ1) is 16.3. The van der Waals surface area contributed by atoms with Crippen LogP contribution >= 0.6 is 0 Å². The first-order chi connectivity index (χ1) is 10.6. The van der Waals surface area contributed by atoms with Crippen LogP contribution in [-0.2, 0) is 4.79 Å². The van der Waals surface area contributed by atoms with Gasteiger partial charge in [0.15, 0.2) is 0 Å². The quantitative estimate of drug-likeness (QED) is 0.862. The predicted octanol–water partition coefficient (Wildman–Crippen LogP) is 2.84. The topological polar surface area (TPSA) is 58.6 Å². The second kappa shape index (κ2) is 7.27. The molecule has 0 fully saturated rings. The highest BCUT2D eigenvalue weighted by Crippen LogP contribution is 2.25. The zero-order valence-electron chi connectivity index (χ0n) is 13.3. The fourth-order valence-electron chi connectivity index (χ4n) is 2.39. The molecule has 2 aromatic carbocycles. The number of carbonyl (C=O) groups excluding carboxylic acids is 1. The summed E-state index contributed by atoms with van der Waals surface area (Å²) in [6.45, 7) is 3.78. The molecule has 0 aliphatic rings. The van der Waals surface area contributed by atoms with Crippen molar-refractivity contribution in [1.82, 2.24) is 5.32 Å². The third-order valence-corrected chi connectivity index (χ3v) is 4.02. The van der Waals surface area contributed by atoms with Crippen molar-refractivity contribution in [3.63, 3.8) is 0 Å². The van der Waals surface area contributed by atoms with E-state index in [9.17, 15) is 9.90 Å². The lowest BCUT2D eigenvalue weighted by Gasteiger charge is -2.18. The van der Waals surface area contributed by atoms with E-state index in [1.807, 2.05) is 50.2 Å². The minimum absolute atomic E-state index is 0.0352. The predicted molar refractivity (Wildman–Crippen MR) is 88.2 cm³/mol. The highest BCUT2D eigenvalue weighted by molar-refractivity contribution is 5.88. The van der Waals surface area contributed by atoms with Gasteiger partial charge in [-0.2, -0.15) is 0 Å². The van der Waals surface area contributed by atoms with E-state index in [1.165, 1.54) is 0 Å². The number of rotatable bonds is 6. The minimum atomic E-state index is -0.257. The fourth-order valence-corrected chi connectivity index (χ4v) is 2.39. The Morgan fingerprint density at radius 2 is 1.91 bits per heavy atom. The van der Waals surface area contributed by atoms with E-state index >= 15 is 0 Å². The van der Waals surface area contributed by atoms with Gasteiger partial charge in [-0.1, -0.05) is 31.2 Å². The maximum absolute atomic E-state index is 12.3. The number of carbonyl (C=O) groups is 1. The molecule has 2 rings (SSSR count). The number of aliphatic hydroxyl groups excluding tert-OH is 1. The Morgan fingerprint density at radius 3 is 2.55 bits per heavy atom. The molecule has 0 spiro atoms. The first-order valence-electron chi connectivity index (χ1n) is 7.58. The molecular weight excluding hydrogens is 278 g/mol. The summed E-state index contributed by atoms with van der Waals surface area (Å²) >= 11 is 0. The van der Waals surface area contributed by atoms with E-state index in [1.54, 1.807) is 7.11 Å². The van der Waals surface area contributed by atoms with Crippen LogP contribution in [0.1, 0.15) is 31.7 Å². The third kappa shape index (κ3) is 3.57. The number of fused-ring (bicyclic) bond motifs is 1. The van der Waals surface area contributed by atoms with Crippen LogP contribution < -0.4 is 10.1 Å². The van der Waals surface area contributed by atoms with Crippen molar-refractivity contribution < 1.29 is 14.6 Å². The number of nitrogens with one attached hydrogen (secondary N) is 1. The zero-order chi connectivity index (χ0) is 16.1. The molecular formula is C18H23NO3. The summed E-state index contributed by atoms with van der Waals surface area (Å²) < 4.78 is 5.22. The summed E-state index contributed by atoms with van der Waals surface area (Å²) in [4.78, 5) is 12.3. The largest absolute Gasteiger partial charge is 0.497 e. The van der Waals surface area contributed by atoms with Gasteiger partial charge >= 0.3 is 0 Å². The molecule has 22 heavy (non-hydrogen) atoms. The molecule has 0 radical (unpaired) electrons. The maximum atomic E-state index is 12.3. The molecule has 2 aromatic rings. The van der Waals surface area contributed by atoms with Gasteiger partial charge in [0, 0.05) is 0 Å². The summed E-state index contributed by atoms with van der Waals surface area (Å²) in [5.41, 5.74) is 0.961. The zero-order valence-corrected chi connectivity index (χ0v) is 13.3. The molecule has 0 bridgehead atoms. The van der Waals surface area contributed by atoms with Crippen molar-refractivity contribution in [3.8, 4) is 5.75 Å². The van der Waals surface area contributed by atoms with Crippen molar-refractivity contribution in [2.24, 2.45) is 0 Å². The number of hydrogen-bond acceptors (Lipinski definition) is 3. The minimum Gasteiger partial charge on any atom is -0.497 e. The van der Waals surface area contributed by atoms with Gasteiger partial charge in [0.1, 0.15) is 5.75 Å². The molecule has 0 aliphatic carbocycles. The van der Waals surface area contributed by atoms with Crippen LogP contribution in [0.5, 0.6) is 5.75 Å². The molecule has 2 unspecified atom stereocenters. The summed E-state index contributed by atoms with van der Waals surface area (Å²) in [7, 11) is 1.65. The van der Waals surface area contributed by atoms with E-state index < -0.39 is 0 Å². The molecule has 4 nitrogen and oxygen atoms in total. The van der Waals surface area contributed by atoms with Crippen LogP contribution in [0.15, 0.2) is 36.4 Å². The second-order valence-corrected chi connectivity index (χ2v) is 5.49. The third-order valence-electron chi connectivity index (χ3n) is 4.02. The van der Waals surface area contributed by atoms with Crippen LogP contribution in [0.25, 0.3) is 10.8 Å². The van der Waals surface area contributed by atoms with Gasteiger partial charge in [-0.05, 0) is 41.8 Å². The van der Waals surface area contributed by atoms with Crippen LogP contribution in [-0.4, -0.2) is 30.8 Å². The Morgan fingerprint density at radius 1 is 1.23 bits per heavy atom. The first-order valence-corrected chi connectivity index (χ1v) is 7.58. The van der Waals surface area contributed by atoms with Crippen LogP contribution in [0.2, 0.25) is 0 Å². The molecule has 118 valence electrons. The number of methoxy groups -OCH3 is 1. The standard InChI is InChI=1S/C18H23NO3/c1-4-16(11-20)19-18(21)12(2)13-5-6-15-10-17(22-3)8-7-14(15)9-13/h5-10,12,16,20H,4,11H2,1-3H3,(H,19,21). The van der Waals surface area contributed by atoms with Crippen LogP contribution in [0.3, 0.4) is 0 Å². The van der Waals surface area contributed by atoms with E-state index in [-0.39, 0.29) is 24.5 Å². The van der Waals surface area contributed by atoms with E-state index in [4.69, 9.17) is 4.74 Å². The molecule has 0 saturated carbocycles. The van der Waals surface area contributed by atoms with Gasteiger partial charge in [0.2, 0.25) is 5.91 Å². The fraction of sp³-hybridized carbons (Fsp3) is 0.389. The van der Waals surface area contributed by atoms with Gasteiger partial charge in [-0.25, -0.2) is 0 Å². The highest BCUT2D eigenvalue weighted by atomic mass is 16.5. The van der Waals surface area contributed by atoms with Crippen molar-refractivity contribution in [2.75, 3.05) is 13.7 Å². The second-order valence-electron chi connectivity index (χ2n) is 5.49. The molecule has 2 atom stereocenters. The SMILES string of the molecule is CCC(CO)NC(=O)C(C)c1ccc2cc(OC)ccc2c1. The summed E-state index contributed by atoms with van der Waals surface area (Å²) in [6.07, 6.45) is 0.715. The Hall–Kier alpha value is -2.07. The van der Waals surface area contributed by atoms with Crippen molar-refractivity contribution >= 4 is 16.7 Å². The monoisotopic (exact) mass is 301 g/mol. The molecule has 1 amide bonds. The van der Waals surface area contributed by atoms with Crippen molar-refractivity contribution in [3.05, 3.63) is 42.0 Å². The highest BCUT2D eigenvalue weighted by Gasteiger charge is 2.18. The number of hydrogen-bond donors (Lipinski definition) is 2. The van der Waals surface area contributed by atoms with Crippen LogP contribution in [0, 0.1) is 0 Å². The molecule has 0 aliphatic heterocycles. The van der Waals surface area contributed by atoms with E-state index in [0.717, 1.165) is 22.1 Å². The van der Waals surface area contributed by atoms with Gasteiger partial charge in [0.25, 0.3) is 0 Å². The van der Waals surface area contributed by atoms with Gasteiger partial charge in [0.05, 0.1) is 25.7 Å². The van der Waals surface area contributed by atoms with Gasteiger partial charge in [-0.15, -0.1) is 0 Å². The lowest BCUT2D eigenvalue weighted by Crippen LogP contribution is -2.39. The Bertz CT molecular complexity index is 650. The van der Waals surface area contributed by atoms with Gasteiger partial charge in [-0.3, -0.25) is 4.79 Å². The van der Waals surface area contributed by atoms with E-state index in [0.29, 0.717) is 6.42 Å². The number of benzene rings is 2.